The van der Waals surface area contributed by atoms with Crippen molar-refractivity contribution in [2.45, 2.75) is 6.42 Å². The minimum atomic E-state index is -0.609. The molecule has 2 rings (SSSR count). The molecule has 2 heterocycles. The van der Waals surface area contributed by atoms with Crippen LogP contribution in [0.1, 0.15) is 6.42 Å². The number of anilines is 2. The van der Waals surface area contributed by atoms with Gasteiger partial charge in [0.25, 0.3) is 0 Å². The summed E-state index contributed by atoms with van der Waals surface area (Å²) in [6.45, 7) is 0.771. The van der Waals surface area contributed by atoms with E-state index < -0.39 is 10.8 Å². The van der Waals surface area contributed by atoms with Gasteiger partial charge in [0.2, 0.25) is 17.5 Å². The van der Waals surface area contributed by atoms with Crippen molar-refractivity contribution in [1.29, 1.82) is 0 Å². The largest absolute Gasteiger partial charge is 0.369 e. The zero-order valence-electron chi connectivity index (χ0n) is 9.94. The number of hydrazine groups is 1. The molecule has 1 atom stereocenters. The zero-order valence-corrected chi connectivity index (χ0v) is 9.94. The number of carbonyl (C=O) groups excluding carboxylic acids is 1. The average Bonchev–Trinajstić information content (AvgIpc) is 2.87. The van der Waals surface area contributed by atoms with Crippen LogP contribution in [0.5, 0.6) is 0 Å². The third-order valence-electron chi connectivity index (χ3n) is 3.01. The minimum Gasteiger partial charge on any atom is -0.369 e. The van der Waals surface area contributed by atoms with Crippen LogP contribution in [-0.4, -0.2) is 33.9 Å². The highest BCUT2D eigenvalue weighted by Gasteiger charge is 2.33. The Bertz CT molecular complexity index is 521. The number of hydrogen-bond acceptors (Lipinski definition) is 8. The second-order valence-electron chi connectivity index (χ2n) is 4.13. The summed E-state index contributed by atoms with van der Waals surface area (Å²) in [5, 5.41) is 11.1. The molecule has 0 aliphatic carbocycles. The number of nitrogen functional groups attached to an aromatic ring is 1. The average molecular weight is 267 g/mol. The molecule has 1 aliphatic rings. The molecule has 0 bridgehead atoms. The van der Waals surface area contributed by atoms with E-state index in [4.69, 9.17) is 11.6 Å². The van der Waals surface area contributed by atoms with E-state index in [-0.39, 0.29) is 23.2 Å². The Balaban J connectivity index is 2.35. The van der Waals surface area contributed by atoms with Gasteiger partial charge in [-0.05, 0) is 6.42 Å². The summed E-state index contributed by atoms with van der Waals surface area (Å²) < 4.78 is 0. The first-order valence-corrected chi connectivity index (χ1v) is 5.55. The van der Waals surface area contributed by atoms with Gasteiger partial charge in [-0.15, -0.1) is 0 Å². The SMILES string of the molecule is NNc1ncnc(N2CCC(C(N)=O)C2)c1[N+](=O)[O-]. The van der Waals surface area contributed by atoms with Gasteiger partial charge in [0, 0.05) is 13.1 Å². The molecule has 0 radical (unpaired) electrons. The monoisotopic (exact) mass is 267 g/mol. The van der Waals surface area contributed by atoms with Crippen molar-refractivity contribution in [1.82, 2.24) is 9.97 Å². The number of nitro groups is 1. The first-order chi connectivity index (χ1) is 9.04. The minimum absolute atomic E-state index is 0.0717. The second kappa shape index (κ2) is 5.02. The summed E-state index contributed by atoms with van der Waals surface area (Å²) in [5.74, 6) is 4.51. The molecule has 0 aromatic carbocycles. The lowest BCUT2D eigenvalue weighted by molar-refractivity contribution is -0.383. The number of aromatic nitrogens is 2. The number of primary amides is 1. The Morgan fingerprint density at radius 1 is 1.58 bits per heavy atom. The molecule has 1 aromatic rings. The highest BCUT2D eigenvalue weighted by molar-refractivity contribution is 5.79. The Morgan fingerprint density at radius 2 is 2.32 bits per heavy atom. The molecule has 5 N–H and O–H groups in total. The van der Waals surface area contributed by atoms with Crippen LogP contribution < -0.4 is 21.9 Å². The molecule has 0 spiro atoms. The third-order valence-corrected chi connectivity index (χ3v) is 3.01. The maximum Gasteiger partial charge on any atom is 0.354 e. The van der Waals surface area contributed by atoms with Crippen LogP contribution in [0.4, 0.5) is 17.3 Å². The van der Waals surface area contributed by atoms with E-state index in [9.17, 15) is 14.9 Å². The fourth-order valence-corrected chi connectivity index (χ4v) is 2.06. The molecular formula is C9H13N7O3. The first-order valence-electron chi connectivity index (χ1n) is 5.55. The molecule has 1 fully saturated rings. The van der Waals surface area contributed by atoms with Gasteiger partial charge in [0.1, 0.15) is 6.33 Å². The lowest BCUT2D eigenvalue weighted by Crippen LogP contribution is -2.28. The summed E-state index contributed by atoms with van der Waals surface area (Å²) in [4.78, 5) is 30.8. The van der Waals surface area contributed by atoms with Crippen molar-refractivity contribution in [3.63, 3.8) is 0 Å². The van der Waals surface area contributed by atoms with E-state index in [2.05, 4.69) is 15.4 Å². The predicted octanol–water partition coefficient (Wildman–Crippen LogP) is -1.02. The van der Waals surface area contributed by atoms with Crippen molar-refractivity contribution < 1.29 is 9.72 Å². The van der Waals surface area contributed by atoms with Gasteiger partial charge in [0.05, 0.1) is 10.8 Å². The smallest absolute Gasteiger partial charge is 0.354 e. The molecule has 102 valence electrons. The van der Waals surface area contributed by atoms with Crippen LogP contribution >= 0.6 is 0 Å². The molecule has 19 heavy (non-hydrogen) atoms. The van der Waals surface area contributed by atoms with Crippen LogP contribution in [0.25, 0.3) is 0 Å². The molecule has 0 saturated carbocycles. The van der Waals surface area contributed by atoms with Crippen LogP contribution in [0.3, 0.4) is 0 Å². The molecule has 1 unspecified atom stereocenters. The molecule has 1 aliphatic heterocycles. The maximum atomic E-state index is 11.1. The maximum absolute atomic E-state index is 11.1. The van der Waals surface area contributed by atoms with E-state index in [1.165, 1.54) is 6.33 Å². The highest BCUT2D eigenvalue weighted by Crippen LogP contribution is 2.33. The van der Waals surface area contributed by atoms with Crippen molar-refractivity contribution in [2.24, 2.45) is 17.5 Å². The number of rotatable bonds is 4. The fourth-order valence-electron chi connectivity index (χ4n) is 2.06. The number of nitrogens with zero attached hydrogens (tertiary/aromatic N) is 4. The standard InChI is InChI=1S/C9H13N7O3/c10-7(17)5-1-2-15(3-5)9-6(16(18)19)8(14-11)12-4-13-9/h4-5H,1-3,11H2,(H2,10,17)(H,12,13,14). The zero-order chi connectivity index (χ0) is 14.0. The summed E-state index contributed by atoms with van der Waals surface area (Å²) in [7, 11) is 0. The number of hydrogen-bond donors (Lipinski definition) is 3. The molecule has 10 heteroatoms. The van der Waals surface area contributed by atoms with Crippen LogP contribution in [0.2, 0.25) is 0 Å². The van der Waals surface area contributed by atoms with E-state index in [0.717, 1.165) is 0 Å². The summed E-state index contributed by atoms with van der Waals surface area (Å²) in [5.41, 5.74) is 7.08. The lowest BCUT2D eigenvalue weighted by Gasteiger charge is -2.17. The van der Waals surface area contributed by atoms with Crippen molar-refractivity contribution in [3.05, 3.63) is 16.4 Å². The van der Waals surface area contributed by atoms with Gasteiger partial charge >= 0.3 is 5.69 Å². The summed E-state index contributed by atoms with van der Waals surface area (Å²) in [6, 6.07) is 0. The van der Waals surface area contributed by atoms with E-state index >= 15 is 0 Å². The van der Waals surface area contributed by atoms with Gasteiger partial charge < -0.3 is 16.1 Å². The predicted molar refractivity (Wildman–Crippen MR) is 66.0 cm³/mol. The highest BCUT2D eigenvalue weighted by atomic mass is 16.6. The Labute approximate surface area is 107 Å². The summed E-state index contributed by atoms with van der Waals surface area (Å²) in [6.07, 6.45) is 1.72. The second-order valence-corrected chi connectivity index (χ2v) is 4.13. The number of nitrogens with one attached hydrogen (secondary N) is 1. The Kier molecular flexibility index (Phi) is 3.42. The van der Waals surface area contributed by atoms with Crippen molar-refractivity contribution >= 4 is 23.2 Å². The molecule has 1 aromatic heterocycles. The van der Waals surface area contributed by atoms with E-state index in [1.807, 2.05) is 0 Å². The number of nitrogens with two attached hydrogens (primary N) is 2. The normalized spacial score (nSPS) is 18.4. The molecule has 10 nitrogen and oxygen atoms in total. The van der Waals surface area contributed by atoms with Crippen LogP contribution in [0, 0.1) is 16.0 Å². The Morgan fingerprint density at radius 3 is 2.84 bits per heavy atom. The van der Waals surface area contributed by atoms with Crippen LogP contribution in [-0.2, 0) is 4.79 Å². The quantitative estimate of drug-likeness (QED) is 0.356. The van der Waals surface area contributed by atoms with Crippen molar-refractivity contribution in [3.8, 4) is 0 Å². The topological polar surface area (TPSA) is 153 Å². The molecule has 1 amide bonds. The number of amides is 1. The fraction of sp³-hybridized carbons (Fsp3) is 0.444. The summed E-state index contributed by atoms with van der Waals surface area (Å²) >= 11 is 0. The molecular weight excluding hydrogens is 254 g/mol. The van der Waals surface area contributed by atoms with Gasteiger partial charge in [-0.1, -0.05) is 0 Å². The van der Waals surface area contributed by atoms with Gasteiger partial charge in [0.15, 0.2) is 0 Å². The molecule has 1 saturated heterocycles. The van der Waals surface area contributed by atoms with Crippen LogP contribution in [0.15, 0.2) is 6.33 Å². The van der Waals surface area contributed by atoms with E-state index in [0.29, 0.717) is 19.5 Å². The Hall–Kier alpha value is -2.49. The number of carbonyl (C=O) groups is 1. The van der Waals surface area contributed by atoms with Crippen molar-refractivity contribution in [2.75, 3.05) is 23.4 Å². The van der Waals surface area contributed by atoms with Gasteiger partial charge in [-0.2, -0.15) is 0 Å². The lowest BCUT2D eigenvalue weighted by atomic mass is 10.1. The van der Waals surface area contributed by atoms with Gasteiger partial charge in [-0.3, -0.25) is 14.9 Å². The first kappa shape index (κ1) is 13.0. The van der Waals surface area contributed by atoms with Gasteiger partial charge in [-0.25, -0.2) is 15.8 Å². The van der Waals surface area contributed by atoms with E-state index in [1.54, 1.807) is 4.90 Å². The third kappa shape index (κ3) is 2.38.